The van der Waals surface area contributed by atoms with Crippen LogP contribution in [0.3, 0.4) is 0 Å². The van der Waals surface area contributed by atoms with Crippen LogP contribution in [-0.2, 0) is 22.4 Å². The van der Waals surface area contributed by atoms with E-state index in [2.05, 4.69) is 31.9 Å². The van der Waals surface area contributed by atoms with Crippen LogP contribution in [-0.4, -0.2) is 22.2 Å². The van der Waals surface area contributed by atoms with E-state index >= 15 is 0 Å². The first kappa shape index (κ1) is 14.9. The summed E-state index contributed by atoms with van der Waals surface area (Å²) in [5.74, 6) is -2.23. The SMILES string of the molecule is O=C(O)c1cc(Br)c(C(=O)O)cc1Br.[Ag]. The van der Waals surface area contributed by atoms with Crippen molar-refractivity contribution in [3.05, 3.63) is 32.2 Å². The van der Waals surface area contributed by atoms with Gasteiger partial charge in [0.25, 0.3) is 0 Å². The summed E-state index contributed by atoms with van der Waals surface area (Å²) in [6.45, 7) is 0. The molecular formula is C8H4AgBr2O4. The second kappa shape index (κ2) is 5.81. The predicted molar refractivity (Wildman–Crippen MR) is 55.8 cm³/mol. The maximum Gasteiger partial charge on any atom is 0.336 e. The molecule has 0 spiro atoms. The third kappa shape index (κ3) is 3.42. The molecule has 0 bridgehead atoms. The van der Waals surface area contributed by atoms with Gasteiger partial charge in [0.2, 0.25) is 0 Å². The number of carboxylic acid groups (broad SMARTS) is 2. The normalized spacial score (nSPS) is 9.20. The van der Waals surface area contributed by atoms with Gasteiger partial charge in [0.05, 0.1) is 11.1 Å². The Morgan fingerprint density at radius 1 is 0.933 bits per heavy atom. The van der Waals surface area contributed by atoms with Crippen molar-refractivity contribution in [2.45, 2.75) is 0 Å². The smallest absolute Gasteiger partial charge is 0.336 e. The molecule has 1 aromatic rings. The molecule has 7 heteroatoms. The molecule has 1 radical (unpaired) electrons. The molecule has 0 aliphatic rings. The number of hydrogen-bond donors (Lipinski definition) is 2. The van der Waals surface area contributed by atoms with Gasteiger partial charge in [0.15, 0.2) is 0 Å². The maximum absolute atomic E-state index is 10.7. The minimum absolute atomic E-state index is 0. The van der Waals surface area contributed by atoms with Gasteiger partial charge in [0, 0.05) is 31.3 Å². The third-order valence-electron chi connectivity index (χ3n) is 1.52. The number of carboxylic acids is 2. The van der Waals surface area contributed by atoms with Gasteiger partial charge in [-0.05, 0) is 44.0 Å². The topological polar surface area (TPSA) is 74.6 Å². The maximum atomic E-state index is 10.7. The standard InChI is InChI=1S/C8H4Br2O4.Ag/c9-5-1-3(7(11)12)6(10)2-4(5)8(13)14;/h1-2H,(H,11,12)(H,13,14);. The first-order chi connectivity index (χ1) is 6.43. The second-order valence-corrected chi connectivity index (χ2v) is 4.13. The van der Waals surface area contributed by atoms with Gasteiger partial charge in [-0.1, -0.05) is 0 Å². The van der Waals surface area contributed by atoms with E-state index in [0.717, 1.165) is 0 Å². The third-order valence-corrected chi connectivity index (χ3v) is 2.83. The molecule has 2 N–H and O–H groups in total. The Hall–Kier alpha value is -0.140. The van der Waals surface area contributed by atoms with Crippen LogP contribution in [0.2, 0.25) is 0 Å². The Kier molecular flexibility index (Phi) is 5.76. The van der Waals surface area contributed by atoms with Crippen molar-refractivity contribution < 1.29 is 42.2 Å². The molecule has 0 atom stereocenters. The van der Waals surface area contributed by atoms with Crippen LogP contribution >= 0.6 is 31.9 Å². The van der Waals surface area contributed by atoms with Crippen molar-refractivity contribution in [3.8, 4) is 0 Å². The van der Waals surface area contributed by atoms with Gasteiger partial charge in [-0.25, -0.2) is 9.59 Å². The average Bonchev–Trinajstić information content (AvgIpc) is 2.07. The Balaban J connectivity index is 0.00000196. The average molecular weight is 432 g/mol. The van der Waals surface area contributed by atoms with Gasteiger partial charge < -0.3 is 10.2 Å². The van der Waals surface area contributed by atoms with Crippen LogP contribution in [0, 0.1) is 0 Å². The van der Waals surface area contributed by atoms with Crippen molar-refractivity contribution >= 4 is 43.8 Å². The van der Waals surface area contributed by atoms with Crippen LogP contribution in [0.5, 0.6) is 0 Å². The van der Waals surface area contributed by atoms with Crippen LogP contribution in [0.4, 0.5) is 0 Å². The molecule has 15 heavy (non-hydrogen) atoms. The van der Waals surface area contributed by atoms with Crippen LogP contribution in [0.1, 0.15) is 20.7 Å². The van der Waals surface area contributed by atoms with Crippen molar-refractivity contribution in [3.63, 3.8) is 0 Å². The van der Waals surface area contributed by atoms with Crippen molar-refractivity contribution in [1.82, 2.24) is 0 Å². The van der Waals surface area contributed by atoms with Crippen LogP contribution in [0.15, 0.2) is 21.1 Å². The summed E-state index contributed by atoms with van der Waals surface area (Å²) in [5.41, 5.74) is 0.0313. The molecule has 0 fully saturated rings. The molecule has 0 aromatic heterocycles. The fraction of sp³-hybridized carbons (Fsp3) is 0. The molecule has 0 aliphatic carbocycles. The van der Waals surface area contributed by atoms with Gasteiger partial charge in [0.1, 0.15) is 0 Å². The summed E-state index contributed by atoms with van der Waals surface area (Å²) in [4.78, 5) is 21.3. The van der Waals surface area contributed by atoms with Gasteiger partial charge in [-0.3, -0.25) is 0 Å². The molecule has 0 saturated carbocycles. The van der Waals surface area contributed by atoms with E-state index in [1.807, 2.05) is 0 Å². The van der Waals surface area contributed by atoms with E-state index in [0.29, 0.717) is 0 Å². The van der Waals surface area contributed by atoms with Crippen molar-refractivity contribution in [1.29, 1.82) is 0 Å². The zero-order valence-corrected chi connectivity index (χ0v) is 11.6. The zero-order chi connectivity index (χ0) is 10.9. The number of halogens is 2. The summed E-state index contributed by atoms with van der Waals surface area (Å²) in [5, 5.41) is 17.4. The Bertz CT molecular complexity index is 380. The molecule has 4 nitrogen and oxygen atoms in total. The van der Waals surface area contributed by atoms with Gasteiger partial charge in [-0.2, -0.15) is 0 Å². The van der Waals surface area contributed by atoms with Gasteiger partial charge in [-0.15, -0.1) is 0 Å². The molecule has 0 unspecified atom stereocenters. The largest absolute Gasteiger partial charge is 0.478 e. The molecule has 85 valence electrons. The summed E-state index contributed by atoms with van der Waals surface area (Å²) in [6.07, 6.45) is 0. The minimum atomic E-state index is -1.12. The molecule has 1 aromatic carbocycles. The number of aromatic carboxylic acids is 2. The van der Waals surface area contributed by atoms with Gasteiger partial charge >= 0.3 is 11.9 Å². The van der Waals surface area contributed by atoms with Crippen LogP contribution in [0.25, 0.3) is 0 Å². The van der Waals surface area contributed by atoms with Crippen LogP contribution < -0.4 is 0 Å². The van der Waals surface area contributed by atoms with Crippen molar-refractivity contribution in [2.24, 2.45) is 0 Å². The summed E-state index contributed by atoms with van der Waals surface area (Å²) >= 11 is 5.97. The van der Waals surface area contributed by atoms with E-state index in [1.165, 1.54) is 12.1 Å². The summed E-state index contributed by atoms with van der Waals surface area (Å²) < 4.78 is 0.483. The first-order valence-corrected chi connectivity index (χ1v) is 4.97. The van der Waals surface area contributed by atoms with E-state index in [4.69, 9.17) is 10.2 Å². The summed E-state index contributed by atoms with van der Waals surface area (Å²) in [6, 6.07) is 2.49. The predicted octanol–water partition coefficient (Wildman–Crippen LogP) is 2.61. The number of benzene rings is 1. The van der Waals surface area contributed by atoms with E-state index in [9.17, 15) is 9.59 Å². The Labute approximate surface area is 117 Å². The second-order valence-electron chi connectivity index (χ2n) is 2.42. The number of hydrogen-bond acceptors (Lipinski definition) is 2. The molecule has 0 heterocycles. The quantitative estimate of drug-likeness (QED) is 0.706. The number of carbonyl (C=O) groups is 2. The first-order valence-electron chi connectivity index (χ1n) is 3.39. The molecule has 1 rings (SSSR count). The zero-order valence-electron chi connectivity index (χ0n) is 6.92. The fourth-order valence-corrected chi connectivity index (χ4v) is 1.90. The van der Waals surface area contributed by atoms with Crippen molar-refractivity contribution in [2.75, 3.05) is 0 Å². The fourth-order valence-electron chi connectivity index (χ4n) is 0.875. The van der Waals surface area contributed by atoms with E-state index in [-0.39, 0.29) is 42.5 Å². The monoisotopic (exact) mass is 429 g/mol. The summed E-state index contributed by atoms with van der Waals surface area (Å²) in [7, 11) is 0. The Morgan fingerprint density at radius 3 is 1.40 bits per heavy atom. The minimum Gasteiger partial charge on any atom is -0.478 e. The number of rotatable bonds is 2. The van der Waals surface area contributed by atoms with E-state index < -0.39 is 11.9 Å². The molecular weight excluding hydrogens is 428 g/mol. The molecule has 0 saturated heterocycles. The Morgan fingerprint density at radius 2 is 1.20 bits per heavy atom. The molecule has 0 amide bonds. The van der Waals surface area contributed by atoms with E-state index in [1.54, 1.807) is 0 Å². The molecule has 0 aliphatic heterocycles.